The largest absolute Gasteiger partial charge is 0.391 e. The molecule has 1 aliphatic rings. The zero-order chi connectivity index (χ0) is 15.6. The van der Waals surface area contributed by atoms with E-state index in [0.717, 1.165) is 12.8 Å². The number of amides is 1. The molecule has 1 heterocycles. The molecular weight excluding hydrogens is 270 g/mol. The minimum Gasteiger partial charge on any atom is -0.391 e. The Bertz CT molecular complexity index is 489. The molecule has 118 valence electrons. The van der Waals surface area contributed by atoms with E-state index in [-0.39, 0.29) is 11.3 Å². The Labute approximate surface area is 125 Å². The van der Waals surface area contributed by atoms with E-state index in [1.54, 1.807) is 11.9 Å². The minimum atomic E-state index is -0.394. The molecule has 1 saturated carbocycles. The molecule has 0 aromatic carbocycles. The second-order valence-electron chi connectivity index (χ2n) is 6.94. The van der Waals surface area contributed by atoms with Gasteiger partial charge in [-0.3, -0.25) is 4.79 Å². The smallest absolute Gasteiger partial charge is 0.227 e. The van der Waals surface area contributed by atoms with E-state index < -0.39 is 6.10 Å². The van der Waals surface area contributed by atoms with E-state index in [1.807, 2.05) is 20.8 Å². The summed E-state index contributed by atoms with van der Waals surface area (Å²) in [7, 11) is 1.72. The lowest BCUT2D eigenvalue weighted by Gasteiger charge is -2.20. The van der Waals surface area contributed by atoms with E-state index in [4.69, 9.17) is 4.52 Å². The molecule has 1 aromatic heterocycles. The summed E-state index contributed by atoms with van der Waals surface area (Å²) in [5.41, 5.74) is -0.156. The summed E-state index contributed by atoms with van der Waals surface area (Å²) in [6.45, 7) is 6.44. The van der Waals surface area contributed by atoms with Crippen LogP contribution in [0.1, 0.15) is 51.7 Å². The topological polar surface area (TPSA) is 79.5 Å². The molecule has 1 amide bonds. The quantitative estimate of drug-likeness (QED) is 0.861. The summed E-state index contributed by atoms with van der Waals surface area (Å²) in [4.78, 5) is 17.9. The van der Waals surface area contributed by atoms with Gasteiger partial charge in [0.05, 0.1) is 6.10 Å². The van der Waals surface area contributed by atoms with Crippen molar-refractivity contribution in [2.75, 3.05) is 13.6 Å². The fraction of sp³-hybridized carbons (Fsp3) is 0.800. The predicted molar refractivity (Wildman–Crippen MR) is 77.7 cm³/mol. The number of hydrogen-bond donors (Lipinski definition) is 1. The van der Waals surface area contributed by atoms with Crippen LogP contribution in [0, 0.1) is 5.92 Å². The van der Waals surface area contributed by atoms with Crippen molar-refractivity contribution in [3.63, 3.8) is 0 Å². The van der Waals surface area contributed by atoms with Crippen molar-refractivity contribution in [2.45, 2.75) is 58.0 Å². The lowest BCUT2D eigenvalue weighted by molar-refractivity contribution is -0.131. The van der Waals surface area contributed by atoms with Gasteiger partial charge in [0.25, 0.3) is 0 Å². The van der Waals surface area contributed by atoms with Crippen LogP contribution in [0.5, 0.6) is 0 Å². The molecule has 2 rings (SSSR count). The lowest BCUT2D eigenvalue weighted by atomic mass is 9.96. The SMILES string of the molecule is CN(CC(O)C1CC1)C(=O)CCc1nc(C(C)(C)C)no1. The van der Waals surface area contributed by atoms with Crippen molar-refractivity contribution in [2.24, 2.45) is 5.92 Å². The first-order chi connectivity index (χ1) is 9.77. The predicted octanol–water partition coefficient (Wildman–Crippen LogP) is 1.53. The van der Waals surface area contributed by atoms with Crippen LogP contribution in [0.15, 0.2) is 4.52 Å². The highest BCUT2D eigenvalue weighted by Gasteiger charge is 2.31. The Hall–Kier alpha value is -1.43. The average molecular weight is 295 g/mol. The molecule has 21 heavy (non-hydrogen) atoms. The number of carbonyl (C=O) groups excluding carboxylic acids is 1. The number of nitrogens with zero attached hydrogens (tertiary/aromatic N) is 3. The van der Waals surface area contributed by atoms with Gasteiger partial charge in [0.15, 0.2) is 5.82 Å². The van der Waals surface area contributed by atoms with Gasteiger partial charge in [0, 0.05) is 31.8 Å². The first-order valence-electron chi connectivity index (χ1n) is 7.52. The van der Waals surface area contributed by atoms with E-state index in [0.29, 0.717) is 37.0 Å². The first kappa shape index (κ1) is 15.9. The summed E-state index contributed by atoms with van der Waals surface area (Å²) in [5.74, 6) is 1.52. The van der Waals surface area contributed by atoms with Crippen LogP contribution in [-0.4, -0.2) is 45.8 Å². The second-order valence-corrected chi connectivity index (χ2v) is 6.94. The molecule has 1 aliphatic carbocycles. The number of carbonyl (C=O) groups is 1. The molecule has 6 nitrogen and oxygen atoms in total. The highest BCUT2D eigenvalue weighted by atomic mass is 16.5. The van der Waals surface area contributed by atoms with Crippen LogP contribution in [0.3, 0.4) is 0 Å². The summed E-state index contributed by atoms with van der Waals surface area (Å²) in [6.07, 6.45) is 2.50. The van der Waals surface area contributed by atoms with Crippen molar-refractivity contribution in [1.29, 1.82) is 0 Å². The highest BCUT2D eigenvalue weighted by Crippen LogP contribution is 2.32. The minimum absolute atomic E-state index is 0.00907. The van der Waals surface area contributed by atoms with Crippen LogP contribution in [0.2, 0.25) is 0 Å². The molecule has 1 atom stereocenters. The Balaban J connectivity index is 1.78. The van der Waals surface area contributed by atoms with Gasteiger partial charge in [0.1, 0.15) is 0 Å². The fourth-order valence-electron chi connectivity index (χ4n) is 2.08. The summed E-state index contributed by atoms with van der Waals surface area (Å²) < 4.78 is 5.17. The number of aliphatic hydroxyl groups is 1. The highest BCUT2D eigenvalue weighted by molar-refractivity contribution is 5.76. The van der Waals surface area contributed by atoms with Gasteiger partial charge in [-0.05, 0) is 18.8 Å². The van der Waals surface area contributed by atoms with Gasteiger partial charge in [0.2, 0.25) is 11.8 Å². The molecule has 1 N–H and O–H groups in total. The zero-order valence-electron chi connectivity index (χ0n) is 13.3. The lowest BCUT2D eigenvalue weighted by Crippen LogP contribution is -2.35. The normalized spacial score (nSPS) is 16.8. The molecule has 1 fully saturated rings. The maximum absolute atomic E-state index is 12.0. The maximum atomic E-state index is 12.0. The van der Waals surface area contributed by atoms with Crippen LogP contribution < -0.4 is 0 Å². The van der Waals surface area contributed by atoms with Gasteiger partial charge in [-0.2, -0.15) is 4.98 Å². The third-order valence-electron chi connectivity index (χ3n) is 3.74. The summed E-state index contributed by atoms with van der Waals surface area (Å²) in [5, 5.41) is 13.8. The number of aromatic nitrogens is 2. The van der Waals surface area contributed by atoms with E-state index in [9.17, 15) is 9.90 Å². The molecule has 0 radical (unpaired) electrons. The van der Waals surface area contributed by atoms with Gasteiger partial charge < -0.3 is 14.5 Å². The first-order valence-corrected chi connectivity index (χ1v) is 7.52. The molecule has 1 unspecified atom stereocenters. The third kappa shape index (κ3) is 4.52. The Morgan fingerprint density at radius 2 is 2.14 bits per heavy atom. The van der Waals surface area contributed by atoms with Gasteiger partial charge in [-0.1, -0.05) is 25.9 Å². The summed E-state index contributed by atoms with van der Waals surface area (Å²) in [6, 6.07) is 0. The van der Waals surface area contributed by atoms with Crippen molar-refractivity contribution in [3.05, 3.63) is 11.7 Å². The van der Waals surface area contributed by atoms with Crippen molar-refractivity contribution >= 4 is 5.91 Å². The van der Waals surface area contributed by atoms with Crippen molar-refractivity contribution in [1.82, 2.24) is 15.0 Å². The second kappa shape index (κ2) is 6.13. The van der Waals surface area contributed by atoms with Crippen LogP contribution in [0.4, 0.5) is 0 Å². The monoisotopic (exact) mass is 295 g/mol. The molecular formula is C15H25N3O3. The molecule has 0 bridgehead atoms. The van der Waals surface area contributed by atoms with Crippen molar-refractivity contribution < 1.29 is 14.4 Å². The van der Waals surface area contributed by atoms with Crippen LogP contribution in [0.25, 0.3) is 0 Å². The van der Waals surface area contributed by atoms with E-state index >= 15 is 0 Å². The Kier molecular flexibility index (Phi) is 4.66. The molecule has 6 heteroatoms. The van der Waals surface area contributed by atoms with Gasteiger partial charge in [-0.15, -0.1) is 0 Å². The molecule has 0 saturated heterocycles. The average Bonchev–Trinajstić information content (AvgIpc) is 3.13. The Morgan fingerprint density at radius 1 is 1.48 bits per heavy atom. The maximum Gasteiger partial charge on any atom is 0.227 e. The number of hydrogen-bond acceptors (Lipinski definition) is 5. The zero-order valence-corrected chi connectivity index (χ0v) is 13.3. The number of aliphatic hydroxyl groups excluding tert-OH is 1. The fourth-order valence-corrected chi connectivity index (χ4v) is 2.08. The summed E-state index contributed by atoms with van der Waals surface area (Å²) >= 11 is 0. The van der Waals surface area contributed by atoms with E-state index in [1.165, 1.54) is 0 Å². The van der Waals surface area contributed by atoms with Crippen molar-refractivity contribution in [3.8, 4) is 0 Å². The number of aryl methyl sites for hydroxylation is 1. The molecule has 0 spiro atoms. The Morgan fingerprint density at radius 3 is 2.67 bits per heavy atom. The third-order valence-corrected chi connectivity index (χ3v) is 3.74. The van der Waals surface area contributed by atoms with Crippen LogP contribution >= 0.6 is 0 Å². The van der Waals surface area contributed by atoms with E-state index in [2.05, 4.69) is 10.1 Å². The van der Waals surface area contributed by atoms with Crippen LogP contribution in [-0.2, 0) is 16.6 Å². The van der Waals surface area contributed by atoms with Gasteiger partial charge >= 0.3 is 0 Å². The number of likely N-dealkylation sites (N-methyl/N-ethyl adjacent to an activating group) is 1. The standard InChI is InChI=1S/C15H25N3O3/c1-15(2,3)14-16-12(21-17-14)7-8-13(20)18(4)9-11(19)10-5-6-10/h10-11,19H,5-9H2,1-4H3. The molecule has 0 aliphatic heterocycles. The molecule has 1 aromatic rings. The number of rotatable bonds is 6. The van der Waals surface area contributed by atoms with Gasteiger partial charge in [-0.25, -0.2) is 0 Å².